The summed E-state index contributed by atoms with van der Waals surface area (Å²) in [7, 11) is 0. The van der Waals surface area contributed by atoms with Crippen LogP contribution in [0.25, 0.3) is 10.2 Å². The van der Waals surface area contributed by atoms with Crippen LogP contribution < -0.4 is 0 Å². The van der Waals surface area contributed by atoms with Crippen LogP contribution in [0.5, 0.6) is 0 Å². The van der Waals surface area contributed by atoms with Gasteiger partial charge >= 0.3 is 0 Å². The van der Waals surface area contributed by atoms with Crippen LogP contribution in [0.15, 0.2) is 89.9 Å². The van der Waals surface area contributed by atoms with E-state index in [1.807, 2.05) is 47.5 Å². The van der Waals surface area contributed by atoms with Crippen molar-refractivity contribution in [1.29, 1.82) is 0 Å². The Balaban J connectivity index is 1.54. The molecule has 28 heavy (non-hydrogen) atoms. The first-order valence-electron chi connectivity index (χ1n) is 9.29. The highest BCUT2D eigenvalue weighted by Crippen LogP contribution is 2.38. The number of hydrogen-bond acceptors (Lipinski definition) is 5. The highest BCUT2D eigenvalue weighted by Gasteiger charge is 2.36. The van der Waals surface area contributed by atoms with Gasteiger partial charge in [-0.1, -0.05) is 72.8 Å². The predicted molar refractivity (Wildman–Crippen MR) is 113 cm³/mol. The first-order valence-corrected chi connectivity index (χ1v) is 10.1. The summed E-state index contributed by atoms with van der Waals surface area (Å²) < 4.78 is 1.13. The van der Waals surface area contributed by atoms with Crippen LogP contribution in [0.1, 0.15) is 35.3 Å². The van der Waals surface area contributed by atoms with Crippen LogP contribution >= 0.6 is 11.3 Å². The van der Waals surface area contributed by atoms with Crippen molar-refractivity contribution in [3.63, 3.8) is 0 Å². The molecule has 0 aliphatic carbocycles. The second-order valence-electron chi connectivity index (χ2n) is 6.74. The van der Waals surface area contributed by atoms with Crippen molar-refractivity contribution >= 4 is 27.5 Å². The molecular weight excluding hydrogens is 366 g/mol. The zero-order valence-electron chi connectivity index (χ0n) is 15.4. The van der Waals surface area contributed by atoms with Gasteiger partial charge in [0.1, 0.15) is 0 Å². The van der Waals surface area contributed by atoms with Crippen LogP contribution in [0.2, 0.25) is 0 Å². The van der Waals surface area contributed by atoms with Crippen molar-refractivity contribution < 1.29 is 4.84 Å². The lowest BCUT2D eigenvalue weighted by Crippen LogP contribution is -2.27. The molecule has 2 heterocycles. The summed E-state index contributed by atoms with van der Waals surface area (Å²) >= 11 is 1.61. The zero-order chi connectivity index (χ0) is 18.9. The summed E-state index contributed by atoms with van der Waals surface area (Å²) in [5.41, 5.74) is 3.25. The first-order chi connectivity index (χ1) is 13.8. The fourth-order valence-electron chi connectivity index (χ4n) is 3.42. The number of nitrogens with zero attached hydrogens (tertiary/aromatic N) is 3. The van der Waals surface area contributed by atoms with E-state index >= 15 is 0 Å². The van der Waals surface area contributed by atoms with E-state index < -0.39 is 0 Å². The molecule has 5 heteroatoms. The Hall–Kier alpha value is -3.02. The average molecular weight is 385 g/mol. The van der Waals surface area contributed by atoms with E-state index in [1.54, 1.807) is 11.3 Å². The normalized spacial score (nSPS) is 18.0. The van der Waals surface area contributed by atoms with Gasteiger partial charge in [0.05, 0.1) is 16.3 Å². The van der Waals surface area contributed by atoms with Crippen molar-refractivity contribution in [2.45, 2.75) is 19.1 Å². The summed E-state index contributed by atoms with van der Waals surface area (Å²) in [5, 5.41) is 2.77. The van der Waals surface area contributed by atoms with E-state index in [1.165, 1.54) is 5.56 Å². The van der Waals surface area contributed by atoms with Gasteiger partial charge in [0, 0.05) is 0 Å². The Kier molecular flexibility index (Phi) is 4.39. The van der Waals surface area contributed by atoms with Gasteiger partial charge in [0.2, 0.25) is 0 Å². The molecule has 0 saturated carbocycles. The Morgan fingerprint density at radius 2 is 1.57 bits per heavy atom. The lowest BCUT2D eigenvalue weighted by atomic mass is 10.1. The molecule has 3 aromatic carbocycles. The number of fused-ring (bicyclic) bond motifs is 1. The van der Waals surface area contributed by atoms with Gasteiger partial charge in [-0.25, -0.2) is 9.98 Å². The molecule has 5 rings (SSSR count). The molecule has 1 aromatic heterocycles. The van der Waals surface area contributed by atoms with Crippen molar-refractivity contribution in [2.75, 3.05) is 0 Å². The van der Waals surface area contributed by atoms with Crippen molar-refractivity contribution in [3.8, 4) is 0 Å². The van der Waals surface area contributed by atoms with E-state index in [-0.39, 0.29) is 12.2 Å². The fraction of sp³-hybridized carbons (Fsp3) is 0.130. The number of aliphatic imine (C=N–C) groups is 1. The van der Waals surface area contributed by atoms with Gasteiger partial charge in [-0.05, 0) is 30.2 Å². The molecule has 0 fully saturated rings. The van der Waals surface area contributed by atoms with Crippen LogP contribution in [-0.2, 0) is 4.84 Å². The maximum absolute atomic E-state index is 6.29. The van der Waals surface area contributed by atoms with Gasteiger partial charge in [-0.3, -0.25) is 0 Å². The van der Waals surface area contributed by atoms with E-state index in [4.69, 9.17) is 14.8 Å². The van der Waals surface area contributed by atoms with E-state index in [2.05, 4.69) is 49.4 Å². The second-order valence-corrected chi connectivity index (χ2v) is 7.77. The van der Waals surface area contributed by atoms with Crippen molar-refractivity contribution in [2.24, 2.45) is 4.99 Å². The predicted octanol–water partition coefficient (Wildman–Crippen LogP) is 5.75. The topological polar surface area (TPSA) is 37.7 Å². The van der Waals surface area contributed by atoms with Crippen LogP contribution in [0.4, 0.5) is 0 Å². The molecule has 1 aliphatic rings. The molecule has 138 valence electrons. The Morgan fingerprint density at radius 3 is 2.32 bits per heavy atom. The third-order valence-corrected chi connectivity index (χ3v) is 5.94. The molecule has 0 amide bonds. The first kappa shape index (κ1) is 17.1. The number of hydroxylamine groups is 2. The molecule has 0 saturated heterocycles. The smallest absolute Gasteiger partial charge is 0.272 e. The molecule has 0 bridgehead atoms. The largest absolute Gasteiger partial charge is 0.380 e. The number of rotatable bonds is 4. The number of thiazole rings is 1. The minimum Gasteiger partial charge on any atom is -0.380 e. The molecule has 1 aliphatic heterocycles. The Labute approximate surface area is 167 Å². The Morgan fingerprint density at radius 1 is 0.893 bits per heavy atom. The summed E-state index contributed by atoms with van der Waals surface area (Å²) in [6.07, 6.45) is -0.210. The number of para-hydroxylation sites is 1. The standard InChI is InChI=1S/C23H19N3OS/c1-16(17-10-4-2-5-11-17)26-21(18-12-6-3-7-13-18)25-22(27-26)23-24-19-14-8-9-15-20(19)28-23/h2-16,21H,1H3/t16-,21-/m1/s1. The van der Waals surface area contributed by atoms with Crippen LogP contribution in [0, 0.1) is 0 Å². The molecule has 0 unspecified atom stereocenters. The highest BCUT2D eigenvalue weighted by molar-refractivity contribution is 7.20. The Bertz CT molecular complexity index is 1090. The lowest BCUT2D eigenvalue weighted by molar-refractivity contribution is -0.117. The number of benzene rings is 3. The maximum Gasteiger partial charge on any atom is 0.272 e. The average Bonchev–Trinajstić information content (AvgIpc) is 3.39. The van der Waals surface area contributed by atoms with Gasteiger partial charge < -0.3 is 4.84 Å². The summed E-state index contributed by atoms with van der Waals surface area (Å²) in [4.78, 5) is 15.9. The van der Waals surface area contributed by atoms with Crippen molar-refractivity contribution in [3.05, 3.63) is 101 Å². The highest BCUT2D eigenvalue weighted by atomic mass is 32.1. The molecule has 0 spiro atoms. The monoisotopic (exact) mass is 385 g/mol. The fourth-order valence-corrected chi connectivity index (χ4v) is 4.31. The van der Waals surface area contributed by atoms with Crippen LogP contribution in [-0.4, -0.2) is 15.9 Å². The molecular formula is C23H19N3OS. The van der Waals surface area contributed by atoms with E-state index in [9.17, 15) is 0 Å². The minimum absolute atomic E-state index is 0.0436. The van der Waals surface area contributed by atoms with Gasteiger partial charge in [-0.15, -0.1) is 16.4 Å². The van der Waals surface area contributed by atoms with E-state index in [0.717, 1.165) is 20.8 Å². The minimum atomic E-state index is -0.210. The molecule has 4 aromatic rings. The molecule has 2 atom stereocenters. The summed E-state index contributed by atoms with van der Waals surface area (Å²) in [6.45, 7) is 2.14. The summed E-state index contributed by atoms with van der Waals surface area (Å²) in [5.74, 6) is 0.581. The van der Waals surface area contributed by atoms with Gasteiger partial charge in [0.25, 0.3) is 5.90 Å². The third-order valence-electron chi connectivity index (χ3n) is 4.91. The quantitative estimate of drug-likeness (QED) is 0.449. The third kappa shape index (κ3) is 3.09. The number of hydrogen-bond donors (Lipinski definition) is 0. The van der Waals surface area contributed by atoms with Gasteiger partial charge in [0.15, 0.2) is 11.2 Å². The van der Waals surface area contributed by atoms with Gasteiger partial charge in [-0.2, -0.15) is 0 Å². The molecule has 0 radical (unpaired) electrons. The molecule has 4 nitrogen and oxygen atoms in total. The van der Waals surface area contributed by atoms with Crippen molar-refractivity contribution in [1.82, 2.24) is 10.0 Å². The van der Waals surface area contributed by atoms with Crippen LogP contribution in [0.3, 0.4) is 0 Å². The second kappa shape index (κ2) is 7.19. The summed E-state index contributed by atoms with van der Waals surface area (Å²) in [6, 6.07) is 28.8. The lowest BCUT2D eigenvalue weighted by Gasteiger charge is -2.27. The molecule has 0 N–H and O–H groups in total. The van der Waals surface area contributed by atoms with E-state index in [0.29, 0.717) is 5.90 Å². The SMILES string of the molecule is C[C@H](c1ccccc1)N1OC(c2nc3ccccc3s2)=N[C@H]1c1ccccc1. The maximum atomic E-state index is 6.29. The zero-order valence-corrected chi connectivity index (χ0v) is 16.2. The number of aromatic nitrogens is 1.